The van der Waals surface area contributed by atoms with E-state index in [9.17, 15) is 14.4 Å². The van der Waals surface area contributed by atoms with Crippen LogP contribution >= 0.6 is 0 Å². The molecule has 6 heteroatoms. The first-order valence-corrected chi connectivity index (χ1v) is 8.22. The van der Waals surface area contributed by atoms with Crippen LogP contribution in [0.1, 0.15) is 42.2 Å². The summed E-state index contributed by atoms with van der Waals surface area (Å²) in [5.41, 5.74) is 3.33. The maximum absolute atomic E-state index is 12.4. The van der Waals surface area contributed by atoms with Gasteiger partial charge in [-0.3, -0.25) is 4.79 Å². The van der Waals surface area contributed by atoms with Crippen molar-refractivity contribution in [2.24, 2.45) is 0 Å². The lowest BCUT2D eigenvalue weighted by atomic mass is 10.0. The molecule has 1 N–H and O–H groups in total. The van der Waals surface area contributed by atoms with Crippen molar-refractivity contribution in [1.29, 1.82) is 0 Å². The van der Waals surface area contributed by atoms with Crippen molar-refractivity contribution in [3.05, 3.63) is 76.5 Å². The van der Waals surface area contributed by atoms with Crippen LogP contribution in [0.15, 0.2) is 48.7 Å². The standard InChI is InChI=1S/C21H21NO5/c1-13-5-6-14(2)18(9-13)19(23)7-8-22-17-11-15(20(24)26-3)10-16(12-17)21(25)27-4/h5-12,22H,1-4H3/b8-7+. The number of hydrogen-bond donors (Lipinski definition) is 1. The molecule has 2 aromatic rings. The highest BCUT2D eigenvalue weighted by atomic mass is 16.5. The van der Waals surface area contributed by atoms with Gasteiger partial charge in [0.15, 0.2) is 5.78 Å². The monoisotopic (exact) mass is 367 g/mol. The van der Waals surface area contributed by atoms with Gasteiger partial charge >= 0.3 is 11.9 Å². The minimum Gasteiger partial charge on any atom is -0.465 e. The number of hydrogen-bond acceptors (Lipinski definition) is 6. The number of carbonyl (C=O) groups is 3. The number of esters is 2. The summed E-state index contributed by atoms with van der Waals surface area (Å²) >= 11 is 0. The van der Waals surface area contributed by atoms with Crippen molar-refractivity contribution in [3.8, 4) is 0 Å². The number of carbonyl (C=O) groups excluding carboxylic acids is 3. The van der Waals surface area contributed by atoms with E-state index in [1.165, 1.54) is 44.7 Å². The van der Waals surface area contributed by atoms with Gasteiger partial charge in [-0.1, -0.05) is 17.7 Å². The summed E-state index contributed by atoms with van der Waals surface area (Å²) in [6.45, 7) is 3.79. The smallest absolute Gasteiger partial charge is 0.337 e. The highest BCUT2D eigenvalue weighted by Gasteiger charge is 2.13. The van der Waals surface area contributed by atoms with E-state index in [0.29, 0.717) is 11.3 Å². The first-order chi connectivity index (χ1) is 12.8. The Kier molecular flexibility index (Phi) is 6.49. The Labute approximate surface area is 157 Å². The van der Waals surface area contributed by atoms with Gasteiger partial charge < -0.3 is 14.8 Å². The lowest BCUT2D eigenvalue weighted by Gasteiger charge is -2.08. The van der Waals surface area contributed by atoms with Crippen molar-refractivity contribution < 1.29 is 23.9 Å². The molecule has 27 heavy (non-hydrogen) atoms. The Morgan fingerprint density at radius 2 is 1.48 bits per heavy atom. The number of methoxy groups -OCH3 is 2. The number of allylic oxidation sites excluding steroid dienone is 1. The van der Waals surface area contributed by atoms with Crippen molar-refractivity contribution in [2.75, 3.05) is 19.5 Å². The zero-order valence-electron chi connectivity index (χ0n) is 15.7. The van der Waals surface area contributed by atoms with Crippen LogP contribution in [0, 0.1) is 13.8 Å². The number of anilines is 1. The maximum atomic E-state index is 12.4. The van der Waals surface area contributed by atoms with E-state index >= 15 is 0 Å². The van der Waals surface area contributed by atoms with Crippen molar-refractivity contribution in [2.45, 2.75) is 13.8 Å². The van der Waals surface area contributed by atoms with Crippen LogP contribution in [0.25, 0.3) is 0 Å². The topological polar surface area (TPSA) is 81.7 Å². The molecule has 2 rings (SSSR count). The number of rotatable bonds is 6. The Morgan fingerprint density at radius 3 is 2.04 bits per heavy atom. The predicted octanol–water partition coefficient (Wildman–Crippen LogP) is 3.69. The molecule has 0 aliphatic rings. The number of benzene rings is 2. The molecule has 0 aliphatic carbocycles. The third-order valence-corrected chi connectivity index (χ3v) is 3.92. The molecule has 0 bridgehead atoms. The fourth-order valence-electron chi connectivity index (χ4n) is 2.49. The molecule has 2 aromatic carbocycles. The van der Waals surface area contributed by atoms with E-state index in [4.69, 9.17) is 9.47 Å². The summed E-state index contributed by atoms with van der Waals surface area (Å²) in [6.07, 6.45) is 2.85. The second-order valence-electron chi connectivity index (χ2n) is 5.94. The fourth-order valence-corrected chi connectivity index (χ4v) is 2.49. The number of nitrogens with one attached hydrogen (secondary N) is 1. The van der Waals surface area contributed by atoms with Gasteiger partial charge in [-0.2, -0.15) is 0 Å². The summed E-state index contributed by atoms with van der Waals surface area (Å²) in [7, 11) is 2.51. The van der Waals surface area contributed by atoms with E-state index in [2.05, 4.69) is 5.32 Å². The lowest BCUT2D eigenvalue weighted by molar-refractivity contribution is 0.0599. The largest absolute Gasteiger partial charge is 0.465 e. The minimum absolute atomic E-state index is 0.152. The molecule has 0 unspecified atom stereocenters. The molecule has 140 valence electrons. The van der Waals surface area contributed by atoms with Gasteiger partial charge in [-0.15, -0.1) is 0 Å². The molecule has 0 fully saturated rings. The van der Waals surface area contributed by atoms with Crippen LogP contribution in [0.2, 0.25) is 0 Å². The van der Waals surface area contributed by atoms with Crippen molar-refractivity contribution in [3.63, 3.8) is 0 Å². The Morgan fingerprint density at radius 1 is 0.889 bits per heavy atom. The average molecular weight is 367 g/mol. The molecule has 0 aromatic heterocycles. The summed E-state index contributed by atoms with van der Waals surface area (Å²) in [4.78, 5) is 36.0. The van der Waals surface area contributed by atoms with E-state index in [1.807, 2.05) is 32.0 Å². The third kappa shape index (κ3) is 5.04. The van der Waals surface area contributed by atoms with E-state index < -0.39 is 11.9 Å². The van der Waals surface area contributed by atoms with Gasteiger partial charge in [0.05, 0.1) is 25.3 Å². The zero-order valence-corrected chi connectivity index (χ0v) is 15.7. The molecule has 0 saturated heterocycles. The first-order valence-electron chi connectivity index (χ1n) is 8.22. The minimum atomic E-state index is -0.584. The van der Waals surface area contributed by atoms with Crippen LogP contribution in [0.4, 0.5) is 5.69 Å². The Hall–Kier alpha value is -3.41. The molecule has 0 atom stereocenters. The van der Waals surface area contributed by atoms with E-state index in [1.54, 1.807) is 0 Å². The highest BCUT2D eigenvalue weighted by Crippen LogP contribution is 2.17. The fraction of sp³-hybridized carbons (Fsp3) is 0.190. The van der Waals surface area contributed by atoms with Gasteiger partial charge in [-0.25, -0.2) is 9.59 Å². The quantitative estimate of drug-likeness (QED) is 0.476. The normalized spacial score (nSPS) is 10.5. The molecular formula is C21H21NO5. The molecule has 0 saturated carbocycles. The summed E-state index contributed by atoms with van der Waals surface area (Å²) in [5, 5.41) is 2.90. The molecule has 0 heterocycles. The van der Waals surface area contributed by atoms with Gasteiger partial charge in [0.2, 0.25) is 0 Å². The summed E-state index contributed by atoms with van der Waals surface area (Å²) in [5.74, 6) is -1.32. The van der Waals surface area contributed by atoms with E-state index in [-0.39, 0.29) is 16.9 Å². The maximum Gasteiger partial charge on any atom is 0.337 e. The van der Waals surface area contributed by atoms with Gasteiger partial charge in [0.25, 0.3) is 0 Å². The molecule has 0 radical (unpaired) electrons. The van der Waals surface area contributed by atoms with Crippen molar-refractivity contribution in [1.82, 2.24) is 0 Å². The second kappa shape index (κ2) is 8.80. The van der Waals surface area contributed by atoms with E-state index in [0.717, 1.165) is 11.1 Å². The van der Waals surface area contributed by atoms with Crippen molar-refractivity contribution >= 4 is 23.4 Å². The van der Waals surface area contributed by atoms with Crippen LogP contribution < -0.4 is 5.32 Å². The van der Waals surface area contributed by atoms with Gasteiger partial charge in [0, 0.05) is 23.5 Å². The predicted molar refractivity (Wildman–Crippen MR) is 102 cm³/mol. The number of ketones is 1. The third-order valence-electron chi connectivity index (χ3n) is 3.92. The second-order valence-corrected chi connectivity index (χ2v) is 5.94. The van der Waals surface area contributed by atoms with Gasteiger partial charge in [-0.05, 0) is 43.7 Å². The molecule has 0 aliphatic heterocycles. The summed E-state index contributed by atoms with van der Waals surface area (Å²) < 4.78 is 9.39. The number of ether oxygens (including phenoxy) is 2. The Balaban J connectivity index is 2.24. The van der Waals surface area contributed by atoms with Crippen LogP contribution in [-0.2, 0) is 9.47 Å². The summed E-state index contributed by atoms with van der Waals surface area (Å²) in [6, 6.07) is 10.1. The first kappa shape index (κ1) is 19.9. The zero-order chi connectivity index (χ0) is 20.0. The van der Waals surface area contributed by atoms with Gasteiger partial charge in [0.1, 0.15) is 0 Å². The molecule has 6 nitrogen and oxygen atoms in total. The van der Waals surface area contributed by atoms with Crippen LogP contribution in [-0.4, -0.2) is 31.9 Å². The average Bonchev–Trinajstić information content (AvgIpc) is 2.68. The molecular weight excluding hydrogens is 346 g/mol. The number of aryl methyl sites for hydroxylation is 2. The SMILES string of the molecule is COC(=O)c1cc(N/C=C/C(=O)c2cc(C)ccc2C)cc(C(=O)OC)c1. The lowest BCUT2D eigenvalue weighted by Crippen LogP contribution is -2.07. The van der Waals surface area contributed by atoms with Crippen LogP contribution in [0.3, 0.4) is 0 Å². The highest BCUT2D eigenvalue weighted by molar-refractivity contribution is 6.05. The molecule has 0 spiro atoms. The van der Waals surface area contributed by atoms with Crippen LogP contribution in [0.5, 0.6) is 0 Å². The Bertz CT molecular complexity index is 881. The molecule has 0 amide bonds.